The molecular weight excluding hydrogens is 390 g/mol. The molecule has 1 saturated heterocycles. The van der Waals surface area contributed by atoms with Crippen LogP contribution in [0.1, 0.15) is 42.1 Å². The first-order valence-electron chi connectivity index (χ1n) is 11.0. The second-order valence-corrected chi connectivity index (χ2v) is 8.34. The number of amides is 2. The lowest BCUT2D eigenvalue weighted by atomic mass is 10.0. The molecule has 2 aromatic carbocycles. The van der Waals surface area contributed by atoms with Crippen LogP contribution in [0.4, 0.5) is 5.69 Å². The van der Waals surface area contributed by atoms with Crippen molar-refractivity contribution in [1.29, 1.82) is 0 Å². The molecule has 1 unspecified atom stereocenters. The highest BCUT2D eigenvalue weighted by atomic mass is 16.5. The Morgan fingerprint density at radius 1 is 1.26 bits per heavy atom. The fourth-order valence-corrected chi connectivity index (χ4v) is 4.10. The highest BCUT2D eigenvalue weighted by Gasteiger charge is 2.23. The highest BCUT2D eigenvalue weighted by molar-refractivity contribution is 6.09. The highest BCUT2D eigenvalue weighted by Crippen LogP contribution is 2.32. The normalized spacial score (nSPS) is 20.0. The van der Waals surface area contributed by atoms with E-state index >= 15 is 0 Å². The maximum atomic E-state index is 12.5. The van der Waals surface area contributed by atoms with Crippen molar-refractivity contribution in [3.63, 3.8) is 0 Å². The van der Waals surface area contributed by atoms with Crippen molar-refractivity contribution in [1.82, 2.24) is 10.2 Å². The molecule has 162 valence electrons. The zero-order valence-corrected chi connectivity index (χ0v) is 17.9. The number of carbonyl (C=O) groups excluding carboxylic acids is 2. The van der Waals surface area contributed by atoms with Gasteiger partial charge in [0.15, 0.2) is 11.5 Å². The number of nitrogens with one attached hydrogen (secondary N) is 2. The number of hydrogen-bond donors (Lipinski definition) is 2. The van der Waals surface area contributed by atoms with Crippen LogP contribution in [0.3, 0.4) is 0 Å². The van der Waals surface area contributed by atoms with Crippen LogP contribution in [0.25, 0.3) is 6.08 Å². The van der Waals surface area contributed by atoms with Crippen LogP contribution in [0.2, 0.25) is 0 Å². The van der Waals surface area contributed by atoms with Crippen molar-refractivity contribution in [3.05, 3.63) is 65.4 Å². The Kier molecular flexibility index (Phi) is 6.67. The van der Waals surface area contributed by atoms with E-state index in [-0.39, 0.29) is 17.6 Å². The molecule has 6 nitrogen and oxygen atoms in total. The van der Waals surface area contributed by atoms with Crippen molar-refractivity contribution in [2.24, 2.45) is 5.92 Å². The molecule has 2 amide bonds. The van der Waals surface area contributed by atoms with E-state index < -0.39 is 0 Å². The molecule has 0 radical (unpaired) electrons. The third-order valence-corrected chi connectivity index (χ3v) is 5.71. The van der Waals surface area contributed by atoms with Gasteiger partial charge in [0.05, 0.1) is 5.69 Å². The van der Waals surface area contributed by atoms with Gasteiger partial charge in [0, 0.05) is 18.7 Å². The third-order valence-electron chi connectivity index (χ3n) is 5.71. The van der Waals surface area contributed by atoms with Gasteiger partial charge in [0.25, 0.3) is 11.8 Å². The summed E-state index contributed by atoms with van der Waals surface area (Å²) in [6.45, 7) is 6.25. The van der Waals surface area contributed by atoms with E-state index in [1.165, 1.54) is 12.8 Å². The summed E-state index contributed by atoms with van der Waals surface area (Å²) in [6, 6.07) is 14.6. The molecule has 31 heavy (non-hydrogen) atoms. The summed E-state index contributed by atoms with van der Waals surface area (Å²) < 4.78 is 5.77. The Bertz CT molecular complexity index is 971. The van der Waals surface area contributed by atoms with Gasteiger partial charge in [-0.25, -0.2) is 0 Å². The van der Waals surface area contributed by atoms with Gasteiger partial charge < -0.3 is 20.3 Å². The summed E-state index contributed by atoms with van der Waals surface area (Å²) in [5.41, 5.74) is 1.89. The first-order chi connectivity index (χ1) is 15.1. The fourth-order valence-electron chi connectivity index (χ4n) is 4.10. The zero-order valence-electron chi connectivity index (χ0n) is 17.9. The van der Waals surface area contributed by atoms with Crippen molar-refractivity contribution in [2.45, 2.75) is 26.2 Å². The number of nitrogens with zero attached hydrogens (tertiary/aromatic N) is 1. The first-order valence-corrected chi connectivity index (χ1v) is 11.0. The van der Waals surface area contributed by atoms with Gasteiger partial charge in [-0.2, -0.15) is 0 Å². The smallest absolute Gasteiger partial charge is 0.291 e. The van der Waals surface area contributed by atoms with Gasteiger partial charge in [0.2, 0.25) is 0 Å². The minimum atomic E-state index is -0.329. The summed E-state index contributed by atoms with van der Waals surface area (Å²) >= 11 is 0. The molecule has 2 heterocycles. The van der Waals surface area contributed by atoms with Crippen LogP contribution >= 0.6 is 0 Å². The van der Waals surface area contributed by atoms with E-state index in [2.05, 4.69) is 22.5 Å². The number of hydrogen-bond acceptors (Lipinski definition) is 4. The maximum absolute atomic E-state index is 12.5. The van der Waals surface area contributed by atoms with Gasteiger partial charge in [-0.3, -0.25) is 9.59 Å². The topological polar surface area (TPSA) is 70.7 Å². The van der Waals surface area contributed by atoms with Crippen molar-refractivity contribution in [2.75, 3.05) is 31.5 Å². The van der Waals surface area contributed by atoms with Crippen LogP contribution < -0.4 is 15.4 Å². The molecular formula is C25H29N3O3. The molecule has 0 saturated carbocycles. The van der Waals surface area contributed by atoms with Gasteiger partial charge in [-0.15, -0.1) is 0 Å². The minimum Gasteiger partial charge on any atom is -0.449 e. The summed E-state index contributed by atoms with van der Waals surface area (Å²) in [7, 11) is 0. The van der Waals surface area contributed by atoms with Gasteiger partial charge >= 0.3 is 0 Å². The van der Waals surface area contributed by atoms with Crippen molar-refractivity contribution in [3.8, 4) is 5.75 Å². The minimum absolute atomic E-state index is 0.144. The van der Waals surface area contributed by atoms with Crippen molar-refractivity contribution < 1.29 is 14.3 Å². The third kappa shape index (κ3) is 5.52. The molecule has 0 aromatic heterocycles. The average Bonchev–Trinajstić information content (AvgIpc) is 2.77. The summed E-state index contributed by atoms with van der Waals surface area (Å²) in [4.78, 5) is 27.4. The maximum Gasteiger partial charge on any atom is 0.291 e. The predicted molar refractivity (Wildman–Crippen MR) is 122 cm³/mol. The van der Waals surface area contributed by atoms with Crippen molar-refractivity contribution >= 4 is 23.6 Å². The summed E-state index contributed by atoms with van der Waals surface area (Å²) in [5.74, 6) is 1.04. The molecule has 0 aliphatic carbocycles. The Balaban J connectivity index is 1.32. The summed E-state index contributed by atoms with van der Waals surface area (Å²) in [5, 5.41) is 5.80. The van der Waals surface area contributed by atoms with Crippen LogP contribution in [0.15, 0.2) is 54.3 Å². The molecule has 1 atom stereocenters. The number of ether oxygens (including phenoxy) is 1. The molecule has 2 N–H and O–H groups in total. The van der Waals surface area contributed by atoms with Gasteiger partial charge in [0.1, 0.15) is 0 Å². The second-order valence-electron chi connectivity index (χ2n) is 8.34. The number of likely N-dealkylation sites (tertiary alicyclic amines) is 1. The monoisotopic (exact) mass is 419 g/mol. The van der Waals surface area contributed by atoms with E-state index in [1.807, 2.05) is 30.3 Å². The molecule has 0 bridgehead atoms. The quantitative estimate of drug-likeness (QED) is 0.550. The van der Waals surface area contributed by atoms with Crippen LogP contribution in [-0.2, 0) is 4.79 Å². The number of anilines is 1. The Hall–Kier alpha value is -3.12. The molecule has 1 fully saturated rings. The van der Waals surface area contributed by atoms with E-state index in [0.717, 1.165) is 37.5 Å². The largest absolute Gasteiger partial charge is 0.449 e. The second kappa shape index (κ2) is 9.79. The average molecular weight is 420 g/mol. The Labute approximate surface area is 183 Å². The lowest BCUT2D eigenvalue weighted by Gasteiger charge is -2.30. The molecule has 2 aliphatic rings. The van der Waals surface area contributed by atoms with E-state index in [9.17, 15) is 9.59 Å². The van der Waals surface area contributed by atoms with Gasteiger partial charge in [-0.05, 0) is 68.1 Å². The number of fused-ring (bicyclic) bond motifs is 1. The van der Waals surface area contributed by atoms with E-state index in [1.54, 1.807) is 24.3 Å². The van der Waals surface area contributed by atoms with E-state index in [0.29, 0.717) is 23.5 Å². The lowest BCUT2D eigenvalue weighted by Crippen LogP contribution is -2.36. The molecule has 4 rings (SSSR count). The first kappa shape index (κ1) is 21.1. The SMILES string of the molecule is CC1CCCN(CCCNC(=O)c2ccc3c(c2)NC(=O)/C(=C\c2ccccc2)O3)C1. The summed E-state index contributed by atoms with van der Waals surface area (Å²) in [6.07, 6.45) is 5.20. The Morgan fingerprint density at radius 2 is 2.10 bits per heavy atom. The molecule has 6 heteroatoms. The van der Waals surface area contributed by atoms with Gasteiger partial charge in [-0.1, -0.05) is 37.3 Å². The van der Waals surface area contributed by atoms with Crippen LogP contribution in [0, 0.1) is 5.92 Å². The molecule has 0 spiro atoms. The molecule has 2 aromatic rings. The fraction of sp³-hybridized carbons (Fsp3) is 0.360. The number of rotatable bonds is 6. The number of piperidine rings is 1. The Morgan fingerprint density at radius 3 is 2.90 bits per heavy atom. The lowest BCUT2D eigenvalue weighted by molar-refractivity contribution is -0.115. The van der Waals surface area contributed by atoms with E-state index in [4.69, 9.17) is 4.74 Å². The predicted octanol–water partition coefficient (Wildman–Crippen LogP) is 3.91. The number of benzene rings is 2. The van der Waals surface area contributed by atoms with Crippen LogP contribution in [-0.4, -0.2) is 42.9 Å². The van der Waals surface area contributed by atoms with Crippen LogP contribution in [0.5, 0.6) is 5.75 Å². The number of carbonyl (C=O) groups is 2. The zero-order chi connectivity index (χ0) is 21.6. The molecule has 2 aliphatic heterocycles. The standard InChI is InChI=1S/C25H29N3O3/c1-18-7-5-13-28(17-18)14-6-12-26-24(29)20-10-11-22-21(16-20)27-25(30)23(31-22)15-19-8-3-2-4-9-19/h2-4,8-11,15-16,18H,5-7,12-14,17H2,1H3,(H,26,29)(H,27,30)/b23-15+.